The first-order valence-electron chi connectivity index (χ1n) is 19.6. The van der Waals surface area contributed by atoms with Crippen molar-refractivity contribution in [2.24, 2.45) is 0 Å². The zero-order valence-electron chi connectivity index (χ0n) is 31.3. The van der Waals surface area contributed by atoms with Crippen molar-refractivity contribution in [3.8, 4) is 61.7 Å². The fraction of sp³-hybridized carbons (Fsp3) is 0. The van der Waals surface area contributed by atoms with Crippen LogP contribution in [-0.2, 0) is 0 Å². The van der Waals surface area contributed by atoms with Crippen molar-refractivity contribution in [1.29, 1.82) is 5.26 Å². The van der Waals surface area contributed by atoms with Crippen LogP contribution in [-0.4, -0.2) is 4.40 Å². The number of hydrogen-bond acceptors (Lipinski definition) is 2. The first kappa shape index (κ1) is 32.3. The maximum absolute atomic E-state index is 9.99. The van der Waals surface area contributed by atoms with Gasteiger partial charge in [-0.05, 0) is 128 Å². The van der Waals surface area contributed by atoms with E-state index in [1.807, 2.05) is 36.4 Å². The zero-order chi connectivity index (χ0) is 38.3. The summed E-state index contributed by atoms with van der Waals surface area (Å²) in [7, 11) is 0. The van der Waals surface area contributed by atoms with Gasteiger partial charge in [0.05, 0.1) is 33.6 Å². The molecule has 0 atom stereocenters. The van der Waals surface area contributed by atoms with E-state index >= 15 is 0 Å². The molecule has 12 aromatic rings. The summed E-state index contributed by atoms with van der Waals surface area (Å²) in [6.07, 6.45) is 0. The third kappa shape index (κ3) is 4.92. The second kappa shape index (κ2) is 12.5. The van der Waals surface area contributed by atoms with Gasteiger partial charge in [-0.25, -0.2) is 0 Å². The van der Waals surface area contributed by atoms with Crippen molar-refractivity contribution >= 4 is 60.0 Å². The highest BCUT2D eigenvalue weighted by Gasteiger charge is 2.23. The molecular formula is C55H32N2O. The molecule has 0 N–H and O–H groups in total. The van der Waals surface area contributed by atoms with Gasteiger partial charge < -0.3 is 8.82 Å². The van der Waals surface area contributed by atoms with E-state index in [1.54, 1.807) is 0 Å². The molecular weight excluding hydrogens is 705 g/mol. The third-order valence-electron chi connectivity index (χ3n) is 11.9. The van der Waals surface area contributed by atoms with Gasteiger partial charge in [-0.2, -0.15) is 5.26 Å². The fourth-order valence-electron chi connectivity index (χ4n) is 9.22. The molecule has 0 saturated heterocycles. The number of benzene rings is 9. The van der Waals surface area contributed by atoms with Crippen LogP contribution >= 0.6 is 0 Å². The van der Waals surface area contributed by atoms with Gasteiger partial charge in [0.1, 0.15) is 11.2 Å². The molecule has 3 nitrogen and oxygen atoms in total. The molecule has 0 aliphatic carbocycles. The molecule has 3 aromatic heterocycles. The van der Waals surface area contributed by atoms with Gasteiger partial charge in [-0.1, -0.05) is 121 Å². The molecule has 9 aromatic carbocycles. The number of para-hydroxylation sites is 1. The van der Waals surface area contributed by atoms with Crippen LogP contribution in [0.25, 0.3) is 116 Å². The van der Waals surface area contributed by atoms with E-state index in [4.69, 9.17) is 4.42 Å². The van der Waals surface area contributed by atoms with Crippen LogP contribution in [0.15, 0.2) is 199 Å². The highest BCUT2D eigenvalue weighted by Crippen LogP contribution is 2.46. The molecule has 12 rings (SSSR count). The zero-order valence-corrected chi connectivity index (χ0v) is 31.3. The average Bonchev–Trinajstić information content (AvgIpc) is 3.96. The second-order valence-electron chi connectivity index (χ2n) is 15.2. The topological polar surface area (TPSA) is 41.3 Å². The van der Waals surface area contributed by atoms with Crippen molar-refractivity contribution in [3.63, 3.8) is 0 Å². The number of nitriles is 1. The maximum atomic E-state index is 9.99. The molecule has 0 radical (unpaired) electrons. The number of rotatable bonds is 5. The summed E-state index contributed by atoms with van der Waals surface area (Å²) in [6, 6.07) is 71.4. The lowest BCUT2D eigenvalue weighted by atomic mass is 9.93. The highest BCUT2D eigenvalue weighted by molar-refractivity contribution is 6.30. The van der Waals surface area contributed by atoms with Gasteiger partial charge in [0.25, 0.3) is 0 Å². The summed E-state index contributed by atoms with van der Waals surface area (Å²) in [5.41, 5.74) is 17.2. The third-order valence-corrected chi connectivity index (χ3v) is 11.9. The minimum Gasteiger partial charge on any atom is -0.456 e. The van der Waals surface area contributed by atoms with E-state index in [0.29, 0.717) is 5.56 Å². The van der Waals surface area contributed by atoms with Crippen molar-refractivity contribution in [3.05, 3.63) is 200 Å². The van der Waals surface area contributed by atoms with Crippen LogP contribution < -0.4 is 0 Å². The van der Waals surface area contributed by atoms with Crippen molar-refractivity contribution in [2.75, 3.05) is 0 Å². The van der Waals surface area contributed by atoms with E-state index in [0.717, 1.165) is 60.8 Å². The standard InChI is InChI=1S/C55H32N2O/c56-33-34-25-42(36-13-5-2-6-14-36)29-43(26-34)39-17-10-16-38(28-39)41-21-23-50-47(30-41)49-32-44(40-18-9-15-37(27-40)35-11-3-1-4-12-35)31-48-45-22-24-52-53(55(45)57(50)54(48)49)46-19-7-8-20-51(46)58-52/h1-32H. The molecule has 0 fully saturated rings. The van der Waals surface area contributed by atoms with Gasteiger partial charge in [0, 0.05) is 26.9 Å². The molecule has 0 unspecified atom stereocenters. The quantitative estimate of drug-likeness (QED) is 0.177. The predicted molar refractivity (Wildman–Crippen MR) is 240 cm³/mol. The summed E-state index contributed by atoms with van der Waals surface area (Å²) in [5, 5.41) is 17.1. The van der Waals surface area contributed by atoms with E-state index in [1.165, 1.54) is 54.8 Å². The van der Waals surface area contributed by atoms with E-state index in [2.05, 4.69) is 168 Å². The number of aromatic nitrogens is 1. The maximum Gasteiger partial charge on any atom is 0.137 e. The second-order valence-corrected chi connectivity index (χ2v) is 15.2. The van der Waals surface area contributed by atoms with Crippen molar-refractivity contribution in [2.45, 2.75) is 0 Å². The van der Waals surface area contributed by atoms with E-state index in [9.17, 15) is 5.26 Å². The fourth-order valence-corrected chi connectivity index (χ4v) is 9.22. The molecule has 0 spiro atoms. The van der Waals surface area contributed by atoms with Crippen LogP contribution in [0, 0.1) is 11.3 Å². The molecule has 3 heterocycles. The number of furan rings is 1. The Bertz CT molecular complexity index is 3620. The summed E-state index contributed by atoms with van der Waals surface area (Å²) >= 11 is 0. The lowest BCUT2D eigenvalue weighted by Gasteiger charge is -2.10. The first-order valence-corrected chi connectivity index (χ1v) is 19.6. The van der Waals surface area contributed by atoms with Crippen molar-refractivity contribution < 1.29 is 4.42 Å². The smallest absolute Gasteiger partial charge is 0.137 e. The largest absolute Gasteiger partial charge is 0.456 e. The SMILES string of the molecule is N#Cc1cc(-c2ccccc2)cc(-c2cccc(-c3ccc4c(c3)c3cc(-c5cccc(-c6ccccc6)c5)cc5c6ccc7oc8ccccc8c7c6n4c35)c2)c1. The minimum atomic E-state index is 0.645. The molecule has 268 valence electrons. The Morgan fingerprint density at radius 1 is 0.345 bits per heavy atom. The van der Waals surface area contributed by atoms with Crippen LogP contribution in [0.4, 0.5) is 0 Å². The molecule has 3 heteroatoms. The first-order chi connectivity index (χ1) is 28.7. The Morgan fingerprint density at radius 2 is 0.862 bits per heavy atom. The molecule has 0 bridgehead atoms. The Morgan fingerprint density at radius 3 is 1.57 bits per heavy atom. The molecule has 0 aliphatic rings. The lowest BCUT2D eigenvalue weighted by Crippen LogP contribution is -1.87. The predicted octanol–water partition coefficient (Wildman–Crippen LogP) is 14.9. The number of hydrogen-bond donors (Lipinski definition) is 0. The normalized spacial score (nSPS) is 11.8. The Balaban J connectivity index is 1.10. The summed E-state index contributed by atoms with van der Waals surface area (Å²) in [5.74, 6) is 0. The van der Waals surface area contributed by atoms with Gasteiger partial charge in [-0.15, -0.1) is 0 Å². The van der Waals surface area contributed by atoms with Crippen LogP contribution in [0.5, 0.6) is 0 Å². The van der Waals surface area contributed by atoms with Crippen LogP contribution in [0.3, 0.4) is 0 Å². The summed E-state index contributed by atoms with van der Waals surface area (Å²) < 4.78 is 8.92. The molecule has 0 saturated carbocycles. The monoisotopic (exact) mass is 736 g/mol. The van der Waals surface area contributed by atoms with E-state index in [-0.39, 0.29) is 0 Å². The Kier molecular flexibility index (Phi) is 6.99. The van der Waals surface area contributed by atoms with Gasteiger partial charge in [-0.3, -0.25) is 0 Å². The van der Waals surface area contributed by atoms with E-state index < -0.39 is 0 Å². The Hall–Kier alpha value is -7.93. The molecule has 58 heavy (non-hydrogen) atoms. The Labute approximate surface area is 334 Å². The van der Waals surface area contributed by atoms with Crippen LogP contribution in [0.1, 0.15) is 5.56 Å². The molecule has 0 amide bonds. The summed E-state index contributed by atoms with van der Waals surface area (Å²) in [6.45, 7) is 0. The highest BCUT2D eigenvalue weighted by atomic mass is 16.3. The van der Waals surface area contributed by atoms with Gasteiger partial charge >= 0.3 is 0 Å². The minimum absolute atomic E-state index is 0.645. The van der Waals surface area contributed by atoms with Gasteiger partial charge in [0.15, 0.2) is 0 Å². The number of fused-ring (bicyclic) bond motifs is 10. The lowest BCUT2D eigenvalue weighted by molar-refractivity contribution is 0.669. The van der Waals surface area contributed by atoms with Gasteiger partial charge in [0.2, 0.25) is 0 Å². The summed E-state index contributed by atoms with van der Waals surface area (Å²) in [4.78, 5) is 0. The van der Waals surface area contributed by atoms with Crippen LogP contribution in [0.2, 0.25) is 0 Å². The van der Waals surface area contributed by atoms with Crippen molar-refractivity contribution in [1.82, 2.24) is 4.40 Å². The number of nitrogens with zero attached hydrogens (tertiary/aromatic N) is 2. The average molecular weight is 737 g/mol. The molecule has 0 aliphatic heterocycles.